The van der Waals surface area contributed by atoms with Crippen LogP contribution in [0.15, 0.2) is 12.1 Å². The first-order chi connectivity index (χ1) is 8.49. The summed E-state index contributed by atoms with van der Waals surface area (Å²) in [7, 11) is 0. The first kappa shape index (κ1) is 16.0. The lowest BCUT2D eigenvalue weighted by atomic mass is 9.98. The summed E-state index contributed by atoms with van der Waals surface area (Å²) in [6, 6.07) is 3.29. The molecule has 3 nitrogen and oxygen atoms in total. The quantitative estimate of drug-likeness (QED) is 0.708. The molecule has 102 valence electrons. The summed E-state index contributed by atoms with van der Waals surface area (Å²) in [6.07, 6.45) is 0.579. The molecule has 0 aliphatic heterocycles. The Morgan fingerprint density at radius 2 is 1.67 bits per heavy atom. The van der Waals surface area contributed by atoms with Gasteiger partial charge in [-0.3, -0.25) is 0 Å². The second-order valence-electron chi connectivity index (χ2n) is 4.13. The van der Waals surface area contributed by atoms with Crippen LogP contribution in [-0.2, 0) is 6.54 Å². The van der Waals surface area contributed by atoms with Gasteiger partial charge in [-0.25, -0.2) is 0 Å². The van der Waals surface area contributed by atoms with E-state index in [0.717, 1.165) is 0 Å². The number of hydrogen-bond donors (Lipinski definition) is 3. The van der Waals surface area contributed by atoms with Crippen molar-refractivity contribution in [1.29, 1.82) is 0 Å². The lowest BCUT2D eigenvalue weighted by Gasteiger charge is -2.30. The molecule has 1 rings (SSSR count). The van der Waals surface area contributed by atoms with Crippen molar-refractivity contribution < 1.29 is 10.2 Å². The molecule has 1 aromatic carbocycles. The fraction of sp³-hybridized carbons (Fsp3) is 0.500. The van der Waals surface area contributed by atoms with Crippen LogP contribution in [0.25, 0.3) is 0 Å². The third-order valence-corrected chi connectivity index (χ3v) is 4.26. The van der Waals surface area contributed by atoms with Crippen molar-refractivity contribution in [3.8, 4) is 0 Å². The summed E-state index contributed by atoms with van der Waals surface area (Å²) in [5.74, 6) is 0. The Kier molecular flexibility index (Phi) is 6.18. The molecule has 0 unspecified atom stereocenters. The average Bonchev–Trinajstić information content (AvgIpc) is 2.39. The maximum Gasteiger partial charge on any atom is 0.0652 e. The molecule has 0 amide bonds. The minimum absolute atomic E-state index is 0.171. The molecule has 0 spiro atoms. The van der Waals surface area contributed by atoms with E-state index in [0.29, 0.717) is 33.6 Å². The van der Waals surface area contributed by atoms with Crippen LogP contribution < -0.4 is 5.32 Å². The predicted octanol–water partition coefficient (Wildman–Crippen LogP) is 2.87. The summed E-state index contributed by atoms with van der Waals surface area (Å²) in [6.45, 7) is 1.86. The number of benzene rings is 1. The highest BCUT2D eigenvalue weighted by atomic mass is 35.5. The highest BCUT2D eigenvalue weighted by Gasteiger charge is 2.26. The van der Waals surface area contributed by atoms with Crippen molar-refractivity contribution in [3.63, 3.8) is 0 Å². The molecule has 18 heavy (non-hydrogen) atoms. The van der Waals surface area contributed by atoms with Gasteiger partial charge in [-0.05, 0) is 18.6 Å². The minimum atomic E-state index is -0.741. The van der Waals surface area contributed by atoms with Crippen molar-refractivity contribution in [2.45, 2.75) is 25.4 Å². The van der Waals surface area contributed by atoms with E-state index in [9.17, 15) is 10.2 Å². The van der Waals surface area contributed by atoms with Gasteiger partial charge in [-0.1, -0.05) is 41.7 Å². The van der Waals surface area contributed by atoms with Crippen molar-refractivity contribution in [2.75, 3.05) is 13.2 Å². The van der Waals surface area contributed by atoms with E-state index in [1.165, 1.54) is 0 Å². The van der Waals surface area contributed by atoms with Crippen LogP contribution in [0.5, 0.6) is 0 Å². The first-order valence-corrected chi connectivity index (χ1v) is 6.72. The molecule has 0 radical (unpaired) electrons. The van der Waals surface area contributed by atoms with E-state index in [4.69, 9.17) is 34.8 Å². The number of aliphatic hydroxyl groups is 2. The predicted molar refractivity (Wildman–Crippen MR) is 75.5 cm³/mol. The number of nitrogens with one attached hydrogen (secondary N) is 1. The summed E-state index contributed by atoms with van der Waals surface area (Å²) >= 11 is 18.0. The van der Waals surface area contributed by atoms with E-state index in [1.807, 2.05) is 6.92 Å². The fourth-order valence-corrected chi connectivity index (χ4v) is 2.20. The van der Waals surface area contributed by atoms with E-state index in [-0.39, 0.29) is 13.2 Å². The molecule has 0 atom stereocenters. The standard InChI is InChI=1S/C12H16Cl3NO2/c1-2-12(6-17,7-18)16-5-8-9(13)3-4-10(14)11(8)15/h3-4,16-18H,2,5-7H2,1H3. The Labute approximate surface area is 122 Å². The summed E-state index contributed by atoms with van der Waals surface area (Å²) in [5.41, 5.74) is -0.0832. The summed E-state index contributed by atoms with van der Waals surface area (Å²) in [4.78, 5) is 0. The molecule has 0 saturated heterocycles. The van der Waals surface area contributed by atoms with Crippen LogP contribution in [-0.4, -0.2) is 29.0 Å². The van der Waals surface area contributed by atoms with Crippen molar-refractivity contribution in [3.05, 3.63) is 32.8 Å². The van der Waals surface area contributed by atoms with Gasteiger partial charge in [0.1, 0.15) is 0 Å². The van der Waals surface area contributed by atoms with Crippen molar-refractivity contribution in [2.24, 2.45) is 0 Å². The Hall–Kier alpha value is -0.0300. The smallest absolute Gasteiger partial charge is 0.0652 e. The van der Waals surface area contributed by atoms with Gasteiger partial charge in [-0.2, -0.15) is 0 Å². The lowest BCUT2D eigenvalue weighted by molar-refractivity contribution is 0.0864. The Morgan fingerprint density at radius 3 is 2.17 bits per heavy atom. The molecular weight excluding hydrogens is 296 g/mol. The van der Waals surface area contributed by atoms with Gasteiger partial charge >= 0.3 is 0 Å². The molecule has 1 aromatic rings. The molecule has 6 heteroatoms. The Bertz CT molecular complexity index is 400. The zero-order valence-electron chi connectivity index (χ0n) is 10.0. The number of rotatable bonds is 6. The maximum absolute atomic E-state index is 9.33. The van der Waals surface area contributed by atoms with Crippen LogP contribution in [0.4, 0.5) is 0 Å². The maximum atomic E-state index is 9.33. The normalized spacial score (nSPS) is 11.9. The number of aliphatic hydroxyl groups excluding tert-OH is 2. The topological polar surface area (TPSA) is 52.5 Å². The van der Waals surface area contributed by atoms with Crippen molar-refractivity contribution >= 4 is 34.8 Å². The number of halogens is 3. The fourth-order valence-electron chi connectivity index (χ4n) is 1.52. The third-order valence-electron chi connectivity index (χ3n) is 3.06. The molecule has 0 heterocycles. The molecule has 0 saturated carbocycles. The van der Waals surface area contributed by atoms with E-state index >= 15 is 0 Å². The SMILES string of the molecule is CCC(CO)(CO)NCc1c(Cl)ccc(Cl)c1Cl. The molecule has 0 fully saturated rings. The van der Waals surface area contributed by atoms with Crippen LogP contribution in [0.3, 0.4) is 0 Å². The zero-order chi connectivity index (χ0) is 13.8. The lowest BCUT2D eigenvalue weighted by Crippen LogP contribution is -2.50. The number of hydrogen-bond acceptors (Lipinski definition) is 3. The van der Waals surface area contributed by atoms with Gasteiger partial charge in [-0.15, -0.1) is 0 Å². The second-order valence-corrected chi connectivity index (χ2v) is 5.32. The van der Waals surface area contributed by atoms with E-state index < -0.39 is 5.54 Å². The van der Waals surface area contributed by atoms with Gasteiger partial charge < -0.3 is 15.5 Å². The Balaban J connectivity index is 2.89. The monoisotopic (exact) mass is 311 g/mol. The molecule has 0 aromatic heterocycles. The Morgan fingerprint density at radius 1 is 1.11 bits per heavy atom. The second kappa shape index (κ2) is 6.94. The van der Waals surface area contributed by atoms with Crippen LogP contribution in [0.2, 0.25) is 15.1 Å². The average molecular weight is 313 g/mol. The molecule has 0 bridgehead atoms. The summed E-state index contributed by atoms with van der Waals surface area (Å²) in [5, 5.41) is 23.1. The molecular formula is C12H16Cl3NO2. The first-order valence-electron chi connectivity index (χ1n) is 5.58. The summed E-state index contributed by atoms with van der Waals surface area (Å²) < 4.78 is 0. The van der Waals surface area contributed by atoms with Gasteiger partial charge in [0.25, 0.3) is 0 Å². The third kappa shape index (κ3) is 3.50. The van der Waals surface area contributed by atoms with Gasteiger partial charge in [0.15, 0.2) is 0 Å². The van der Waals surface area contributed by atoms with Gasteiger partial charge in [0.05, 0.1) is 28.8 Å². The molecule has 0 aliphatic carbocycles. The van der Waals surface area contributed by atoms with E-state index in [1.54, 1.807) is 12.1 Å². The highest BCUT2D eigenvalue weighted by Crippen LogP contribution is 2.31. The molecule has 0 aliphatic rings. The molecule has 3 N–H and O–H groups in total. The highest BCUT2D eigenvalue weighted by molar-refractivity contribution is 6.44. The largest absolute Gasteiger partial charge is 0.394 e. The van der Waals surface area contributed by atoms with Crippen LogP contribution in [0.1, 0.15) is 18.9 Å². The van der Waals surface area contributed by atoms with E-state index in [2.05, 4.69) is 5.32 Å². The minimum Gasteiger partial charge on any atom is -0.394 e. The van der Waals surface area contributed by atoms with Gasteiger partial charge in [0.2, 0.25) is 0 Å². The van der Waals surface area contributed by atoms with Crippen LogP contribution >= 0.6 is 34.8 Å². The van der Waals surface area contributed by atoms with Crippen molar-refractivity contribution in [1.82, 2.24) is 5.32 Å². The van der Waals surface area contributed by atoms with Gasteiger partial charge in [0, 0.05) is 17.1 Å². The van der Waals surface area contributed by atoms with Crippen LogP contribution in [0, 0.1) is 0 Å². The zero-order valence-corrected chi connectivity index (χ0v) is 12.3.